The van der Waals surface area contributed by atoms with Crippen LogP contribution in [-0.4, -0.2) is 54.6 Å². The number of fused-ring (bicyclic) bond motifs is 1. The maximum atomic E-state index is 11.8. The van der Waals surface area contributed by atoms with Crippen LogP contribution in [0.1, 0.15) is 6.23 Å². The number of ether oxygens (including phenoxy) is 1. The van der Waals surface area contributed by atoms with Crippen LogP contribution in [0.2, 0.25) is 0 Å². The van der Waals surface area contributed by atoms with Gasteiger partial charge in [0, 0.05) is 17.3 Å². The molecule has 0 radical (unpaired) electrons. The predicted octanol–water partition coefficient (Wildman–Crippen LogP) is -10.6. The number of aromatic nitrogens is 3. The standard InChI is InChI=1S/C15H19N4O14P3.3Na/c16-13-10-8(7-1-2-29-4-7)3-19(14(10)18-6-17-13)15-12(21)11(20)9(31-15)5-30-35(25,26)33-36(27,28)32-34(22,23)24;;;/h1-4,6,9,11-12,15,20-21H,5H2,(H,25,26)(H,27,28)(H2,16,17,18)(H2,22,23,24);;;/q;3*+1/p-3/t9-,11-,12-,15-;;;/m1.../s1. The molecule has 5 N–H and O–H groups in total. The molecule has 0 amide bonds. The van der Waals surface area contributed by atoms with Crippen molar-refractivity contribution < 1.29 is 154 Å². The minimum atomic E-state index is -6.10. The Morgan fingerprint density at radius 2 is 1.72 bits per heavy atom. The Balaban J connectivity index is 0.00000253. The van der Waals surface area contributed by atoms with Crippen LogP contribution in [0.5, 0.6) is 0 Å². The van der Waals surface area contributed by atoms with Crippen LogP contribution in [0.25, 0.3) is 22.2 Å². The van der Waals surface area contributed by atoms with Gasteiger partial charge in [-0.2, -0.15) is 0 Å². The normalized spacial score (nSPS) is 25.4. The van der Waals surface area contributed by atoms with Crippen LogP contribution >= 0.6 is 23.5 Å². The number of nitrogens with zero attached hydrogens (tertiary/aromatic N) is 3. The molecule has 24 heteroatoms. The summed E-state index contributed by atoms with van der Waals surface area (Å²) < 4.78 is 56.6. The molecule has 39 heavy (non-hydrogen) atoms. The third-order valence-electron chi connectivity index (χ3n) is 4.88. The summed E-state index contributed by atoms with van der Waals surface area (Å²) in [5.41, 5.74) is 7.24. The minimum absolute atomic E-state index is 0. The van der Waals surface area contributed by atoms with E-state index in [9.17, 15) is 38.6 Å². The number of hydrogen-bond donors (Lipinski definition) is 4. The fourth-order valence-electron chi connectivity index (χ4n) is 3.49. The Morgan fingerprint density at radius 3 is 2.31 bits per heavy atom. The maximum Gasteiger partial charge on any atom is 1.00 e. The number of nitrogen functional groups attached to an aromatic ring is 1. The van der Waals surface area contributed by atoms with E-state index in [-0.39, 0.29) is 100 Å². The van der Waals surface area contributed by atoms with Gasteiger partial charge in [-0.05, 0) is 6.07 Å². The van der Waals surface area contributed by atoms with E-state index in [1.807, 2.05) is 0 Å². The second-order valence-corrected chi connectivity index (χ2v) is 11.6. The summed E-state index contributed by atoms with van der Waals surface area (Å²) in [4.78, 5) is 50.1. The predicted molar refractivity (Wildman–Crippen MR) is 109 cm³/mol. The van der Waals surface area contributed by atoms with Gasteiger partial charge < -0.3 is 53.8 Å². The van der Waals surface area contributed by atoms with Gasteiger partial charge in [0.15, 0.2) is 6.23 Å². The average Bonchev–Trinajstić information content (AvgIpc) is 3.44. The number of aliphatic hydroxyl groups excluding tert-OH is 2. The summed E-state index contributed by atoms with van der Waals surface area (Å²) in [6.07, 6.45) is -0.881. The van der Waals surface area contributed by atoms with E-state index in [4.69, 9.17) is 19.8 Å². The van der Waals surface area contributed by atoms with E-state index in [0.29, 0.717) is 16.5 Å². The fraction of sp³-hybridized carbons (Fsp3) is 0.333. The molecule has 1 aliphatic rings. The van der Waals surface area contributed by atoms with E-state index in [2.05, 4.69) is 23.1 Å². The summed E-state index contributed by atoms with van der Waals surface area (Å²) in [7, 11) is -17.8. The molecule has 3 unspecified atom stereocenters. The van der Waals surface area contributed by atoms with Crippen molar-refractivity contribution in [3.05, 3.63) is 31.1 Å². The Kier molecular flexibility index (Phi) is 14.3. The van der Waals surface area contributed by atoms with Crippen molar-refractivity contribution in [2.75, 3.05) is 12.3 Å². The van der Waals surface area contributed by atoms with Crippen molar-refractivity contribution in [1.82, 2.24) is 14.5 Å². The zero-order valence-electron chi connectivity index (χ0n) is 20.5. The van der Waals surface area contributed by atoms with Gasteiger partial charge in [0.2, 0.25) is 0 Å². The Bertz CT molecular complexity index is 1400. The van der Waals surface area contributed by atoms with E-state index in [1.165, 1.54) is 23.3 Å². The molecule has 198 valence electrons. The number of nitrogens with two attached hydrogens (primary N) is 1. The van der Waals surface area contributed by atoms with E-state index in [1.54, 1.807) is 6.07 Å². The molecular weight excluding hydrogens is 622 g/mol. The van der Waals surface area contributed by atoms with E-state index < -0.39 is 54.6 Å². The Labute approximate surface area is 285 Å². The molecule has 0 bridgehead atoms. The molecule has 0 aromatic carbocycles. The number of anilines is 1. The molecule has 18 nitrogen and oxygen atoms in total. The monoisotopic (exact) mass is 638 g/mol. The number of phosphoric ester groups is 1. The van der Waals surface area contributed by atoms with Crippen LogP contribution in [0.3, 0.4) is 0 Å². The molecule has 1 fully saturated rings. The fourth-order valence-corrected chi connectivity index (χ4v) is 6.38. The largest absolute Gasteiger partial charge is 1.00 e. The molecule has 4 heterocycles. The van der Waals surface area contributed by atoms with Crippen molar-refractivity contribution in [2.24, 2.45) is 0 Å². The summed E-state index contributed by atoms with van der Waals surface area (Å²) in [5, 5.41) is 21.3. The number of hydrogen-bond acceptors (Lipinski definition) is 16. The smallest absolute Gasteiger partial charge is 0.756 e. The maximum absolute atomic E-state index is 11.8. The molecule has 1 saturated heterocycles. The topological polar surface area (TPSA) is 288 Å². The van der Waals surface area contributed by atoms with Crippen LogP contribution in [-0.2, 0) is 31.6 Å². The van der Waals surface area contributed by atoms with E-state index >= 15 is 0 Å². The first-order valence-electron chi connectivity index (χ1n) is 9.56. The Hall–Kier alpha value is 0.990. The summed E-state index contributed by atoms with van der Waals surface area (Å²) in [5.74, 6) is 0.0853. The molecule has 4 rings (SSSR count). The molecule has 0 aliphatic carbocycles. The molecule has 3 aromatic heterocycles. The average molecular weight is 638 g/mol. The van der Waals surface area contributed by atoms with Gasteiger partial charge >= 0.3 is 88.7 Å². The summed E-state index contributed by atoms with van der Waals surface area (Å²) in [6, 6.07) is 1.62. The number of furan rings is 1. The first kappa shape index (κ1) is 38.0. The van der Waals surface area contributed by atoms with Crippen molar-refractivity contribution in [2.45, 2.75) is 24.5 Å². The first-order chi connectivity index (χ1) is 16.7. The SMILES string of the molecule is Nc1ncnc2c1c(-c1ccoc1)cn2[C@@H]1O[C@H](COP(=O)([O-])OP(=O)([O-])OP(=O)([O-])O)[C@@H](O)[C@H]1O.[Na+].[Na+].[Na+]. The second-order valence-electron chi connectivity index (χ2n) is 7.29. The van der Waals surface area contributed by atoms with Gasteiger partial charge in [-0.15, -0.1) is 0 Å². The van der Waals surface area contributed by atoms with Crippen molar-refractivity contribution >= 4 is 40.3 Å². The van der Waals surface area contributed by atoms with Crippen molar-refractivity contribution in [3.8, 4) is 11.1 Å². The van der Waals surface area contributed by atoms with Crippen LogP contribution in [0.4, 0.5) is 5.82 Å². The summed E-state index contributed by atoms with van der Waals surface area (Å²) >= 11 is 0. The zero-order chi connectivity index (χ0) is 26.5. The third-order valence-corrected chi connectivity index (χ3v) is 8.57. The number of aliphatic hydroxyl groups is 2. The molecule has 1 aliphatic heterocycles. The Morgan fingerprint density at radius 1 is 1.05 bits per heavy atom. The molecule has 3 aromatic rings. The molecule has 0 saturated carbocycles. The zero-order valence-corrected chi connectivity index (χ0v) is 29.2. The van der Waals surface area contributed by atoms with Gasteiger partial charge in [0.05, 0.1) is 24.5 Å². The van der Waals surface area contributed by atoms with Gasteiger partial charge in [-0.1, -0.05) is 0 Å². The van der Waals surface area contributed by atoms with Crippen LogP contribution in [0.15, 0.2) is 35.5 Å². The molecular formula is C15H16N4Na3O14P3. The van der Waals surface area contributed by atoms with Gasteiger partial charge in [-0.3, -0.25) is 13.7 Å². The quantitative estimate of drug-likeness (QED) is 0.125. The number of rotatable bonds is 9. The second kappa shape index (κ2) is 14.6. The molecule has 0 spiro atoms. The van der Waals surface area contributed by atoms with E-state index in [0.717, 1.165) is 6.33 Å². The number of phosphoric acid groups is 3. The first-order valence-corrected chi connectivity index (χ1v) is 14.0. The van der Waals surface area contributed by atoms with Crippen LogP contribution in [0, 0.1) is 0 Å². The van der Waals surface area contributed by atoms with Crippen molar-refractivity contribution in [1.29, 1.82) is 0 Å². The molecule has 7 atom stereocenters. The van der Waals surface area contributed by atoms with Gasteiger partial charge in [0.25, 0.3) is 23.5 Å². The van der Waals surface area contributed by atoms with Gasteiger partial charge in [-0.25, -0.2) is 18.6 Å². The van der Waals surface area contributed by atoms with Gasteiger partial charge in [0.1, 0.15) is 36.1 Å². The summed E-state index contributed by atoms with van der Waals surface area (Å²) in [6.45, 7) is -1.07. The third kappa shape index (κ3) is 9.24. The van der Waals surface area contributed by atoms with Crippen LogP contribution < -0.4 is 109 Å². The van der Waals surface area contributed by atoms with Crippen molar-refractivity contribution in [3.63, 3.8) is 0 Å². The minimum Gasteiger partial charge on any atom is -0.756 e.